The minimum absolute atomic E-state index is 0.159. The third-order valence-corrected chi connectivity index (χ3v) is 5.47. The van der Waals surface area contributed by atoms with Gasteiger partial charge >= 0.3 is 0 Å². The van der Waals surface area contributed by atoms with Gasteiger partial charge < -0.3 is 0 Å². The van der Waals surface area contributed by atoms with Crippen LogP contribution < -0.4 is 0 Å². The number of Topliss-reactive ketones (excluding diaryl/α,β-unsaturated/α-hetero) is 1. The van der Waals surface area contributed by atoms with E-state index >= 15 is 0 Å². The van der Waals surface area contributed by atoms with Crippen LogP contribution in [0.1, 0.15) is 25.3 Å². The largest absolute Gasteiger partial charge is 0.299 e. The van der Waals surface area contributed by atoms with Crippen LogP contribution in [-0.2, 0) is 14.8 Å². The van der Waals surface area contributed by atoms with E-state index in [4.69, 9.17) is 0 Å². The summed E-state index contributed by atoms with van der Waals surface area (Å²) in [4.78, 5) is 12.0. The minimum Gasteiger partial charge on any atom is -0.299 e. The highest BCUT2D eigenvalue weighted by molar-refractivity contribution is 7.89. The van der Waals surface area contributed by atoms with Gasteiger partial charge in [-0.2, -0.15) is 4.31 Å². The van der Waals surface area contributed by atoms with Crippen LogP contribution in [0, 0.1) is 12.8 Å². The maximum atomic E-state index is 12.5. The predicted molar refractivity (Wildman–Crippen MR) is 73.3 cm³/mol. The number of sulfonamides is 1. The first-order valence-corrected chi connectivity index (χ1v) is 7.98. The molecule has 0 aliphatic carbocycles. The topological polar surface area (TPSA) is 54.5 Å². The Kier molecular flexibility index (Phi) is 4.06. The van der Waals surface area contributed by atoms with Crippen molar-refractivity contribution in [3.63, 3.8) is 0 Å². The zero-order chi connectivity index (χ0) is 14.0. The molecular weight excluding hydrogens is 262 g/mol. The molecular formula is C14H19NO3S. The van der Waals surface area contributed by atoms with Crippen LogP contribution in [0.3, 0.4) is 0 Å². The molecule has 1 aliphatic rings. The summed E-state index contributed by atoms with van der Waals surface area (Å²) in [6.45, 7) is 4.40. The first-order chi connectivity index (χ1) is 8.95. The van der Waals surface area contributed by atoms with E-state index in [0.29, 0.717) is 30.8 Å². The zero-order valence-corrected chi connectivity index (χ0v) is 12.1. The Hall–Kier alpha value is -1.20. The van der Waals surface area contributed by atoms with E-state index in [2.05, 4.69) is 0 Å². The van der Waals surface area contributed by atoms with Gasteiger partial charge in [-0.05, 0) is 31.0 Å². The van der Waals surface area contributed by atoms with Gasteiger partial charge in [0.2, 0.25) is 10.0 Å². The van der Waals surface area contributed by atoms with Crippen LogP contribution in [0.15, 0.2) is 29.2 Å². The molecule has 1 heterocycles. The van der Waals surface area contributed by atoms with Crippen LogP contribution >= 0.6 is 0 Å². The second kappa shape index (κ2) is 5.43. The van der Waals surface area contributed by atoms with E-state index < -0.39 is 10.0 Å². The average Bonchev–Trinajstić information content (AvgIpc) is 2.39. The molecule has 0 spiro atoms. The minimum atomic E-state index is -3.47. The zero-order valence-electron chi connectivity index (χ0n) is 11.3. The van der Waals surface area contributed by atoms with E-state index in [1.165, 1.54) is 4.31 Å². The van der Waals surface area contributed by atoms with Crippen molar-refractivity contribution in [1.82, 2.24) is 4.31 Å². The molecule has 1 unspecified atom stereocenters. The molecule has 0 amide bonds. The molecule has 2 rings (SSSR count). The van der Waals surface area contributed by atoms with Gasteiger partial charge in [0.15, 0.2) is 0 Å². The Morgan fingerprint density at radius 3 is 2.74 bits per heavy atom. The first-order valence-electron chi connectivity index (χ1n) is 6.54. The van der Waals surface area contributed by atoms with Crippen LogP contribution in [0.5, 0.6) is 0 Å². The first kappa shape index (κ1) is 14.2. The van der Waals surface area contributed by atoms with Crippen molar-refractivity contribution in [2.45, 2.75) is 31.6 Å². The molecule has 1 atom stereocenters. The highest BCUT2D eigenvalue weighted by Gasteiger charge is 2.33. The molecule has 1 fully saturated rings. The highest BCUT2D eigenvalue weighted by atomic mass is 32.2. The summed E-state index contributed by atoms with van der Waals surface area (Å²) in [5, 5.41) is 0. The lowest BCUT2D eigenvalue weighted by molar-refractivity contribution is -0.125. The number of carbonyl (C=O) groups excluding carboxylic acids is 1. The molecule has 4 nitrogen and oxygen atoms in total. The molecule has 0 saturated carbocycles. The number of carbonyl (C=O) groups is 1. The SMILES string of the molecule is CCC1CN(S(=O)(=O)c2cccc(C)c2)CCC1=O. The van der Waals surface area contributed by atoms with Gasteiger partial charge in [0.05, 0.1) is 4.90 Å². The van der Waals surface area contributed by atoms with Gasteiger partial charge in [-0.15, -0.1) is 0 Å². The second-order valence-corrected chi connectivity index (χ2v) is 6.94. The maximum Gasteiger partial charge on any atom is 0.243 e. The molecule has 19 heavy (non-hydrogen) atoms. The summed E-state index contributed by atoms with van der Waals surface area (Å²) in [5.74, 6) is 0.0199. The number of benzene rings is 1. The third kappa shape index (κ3) is 2.87. The number of aryl methyl sites for hydroxylation is 1. The number of hydrogen-bond donors (Lipinski definition) is 0. The van der Waals surface area contributed by atoms with E-state index in [9.17, 15) is 13.2 Å². The molecule has 1 aliphatic heterocycles. The summed E-state index contributed by atoms with van der Waals surface area (Å²) < 4.78 is 26.5. The van der Waals surface area contributed by atoms with E-state index in [1.54, 1.807) is 18.2 Å². The molecule has 5 heteroatoms. The highest BCUT2D eigenvalue weighted by Crippen LogP contribution is 2.23. The quantitative estimate of drug-likeness (QED) is 0.851. The van der Waals surface area contributed by atoms with Gasteiger partial charge in [0.1, 0.15) is 5.78 Å². The van der Waals surface area contributed by atoms with Crippen molar-refractivity contribution in [2.75, 3.05) is 13.1 Å². The Morgan fingerprint density at radius 1 is 1.37 bits per heavy atom. The van der Waals surface area contributed by atoms with Crippen LogP contribution in [0.2, 0.25) is 0 Å². The van der Waals surface area contributed by atoms with Crippen molar-refractivity contribution in [2.24, 2.45) is 5.92 Å². The van der Waals surface area contributed by atoms with E-state index in [0.717, 1.165) is 5.56 Å². The fraction of sp³-hybridized carbons (Fsp3) is 0.500. The van der Waals surface area contributed by atoms with Gasteiger partial charge in [0, 0.05) is 25.4 Å². The second-order valence-electron chi connectivity index (χ2n) is 5.00. The lowest BCUT2D eigenvalue weighted by atomic mass is 9.96. The fourth-order valence-electron chi connectivity index (χ4n) is 2.38. The van der Waals surface area contributed by atoms with Gasteiger partial charge in [-0.1, -0.05) is 19.1 Å². The van der Waals surface area contributed by atoms with Crippen LogP contribution in [-0.4, -0.2) is 31.6 Å². The average molecular weight is 281 g/mol. The smallest absolute Gasteiger partial charge is 0.243 e. The lowest BCUT2D eigenvalue weighted by Gasteiger charge is -2.30. The van der Waals surface area contributed by atoms with Gasteiger partial charge in [0.25, 0.3) is 0 Å². The molecule has 104 valence electrons. The molecule has 0 N–H and O–H groups in total. The van der Waals surface area contributed by atoms with E-state index in [-0.39, 0.29) is 11.7 Å². The number of rotatable bonds is 3. The standard InChI is InChI=1S/C14H19NO3S/c1-3-12-10-15(8-7-14(12)16)19(17,18)13-6-4-5-11(2)9-13/h4-6,9,12H,3,7-8,10H2,1-2H3. The predicted octanol–water partition coefficient (Wildman–Crippen LogP) is 1.98. The number of ketones is 1. The molecule has 0 bridgehead atoms. The van der Waals surface area contributed by atoms with Crippen molar-refractivity contribution in [1.29, 1.82) is 0 Å². The molecule has 0 radical (unpaired) electrons. The normalized spacial score (nSPS) is 21.6. The van der Waals surface area contributed by atoms with Gasteiger partial charge in [-0.3, -0.25) is 4.79 Å². The summed E-state index contributed by atoms with van der Waals surface area (Å²) in [7, 11) is -3.47. The molecule has 1 saturated heterocycles. The Labute approximate surface area is 114 Å². The Bertz CT molecular complexity index is 580. The number of piperidine rings is 1. The van der Waals surface area contributed by atoms with Crippen molar-refractivity contribution in [3.05, 3.63) is 29.8 Å². The summed E-state index contributed by atoms with van der Waals surface area (Å²) in [5.41, 5.74) is 0.918. The number of nitrogens with zero attached hydrogens (tertiary/aromatic N) is 1. The summed E-state index contributed by atoms with van der Waals surface area (Å²) >= 11 is 0. The maximum absolute atomic E-state index is 12.5. The van der Waals surface area contributed by atoms with Crippen LogP contribution in [0.4, 0.5) is 0 Å². The fourth-order valence-corrected chi connectivity index (χ4v) is 3.97. The Morgan fingerprint density at radius 2 is 2.11 bits per heavy atom. The number of hydrogen-bond acceptors (Lipinski definition) is 3. The monoisotopic (exact) mass is 281 g/mol. The van der Waals surface area contributed by atoms with Crippen molar-refractivity contribution < 1.29 is 13.2 Å². The summed E-state index contributed by atoms with van der Waals surface area (Å²) in [6.07, 6.45) is 1.02. The third-order valence-electron chi connectivity index (χ3n) is 3.61. The summed E-state index contributed by atoms with van der Waals surface area (Å²) in [6, 6.07) is 6.90. The van der Waals surface area contributed by atoms with Crippen LogP contribution in [0.25, 0.3) is 0 Å². The molecule has 1 aromatic rings. The van der Waals surface area contributed by atoms with Crippen molar-refractivity contribution in [3.8, 4) is 0 Å². The van der Waals surface area contributed by atoms with Crippen molar-refractivity contribution >= 4 is 15.8 Å². The van der Waals surface area contributed by atoms with Gasteiger partial charge in [-0.25, -0.2) is 8.42 Å². The lowest BCUT2D eigenvalue weighted by Crippen LogP contribution is -2.43. The van der Waals surface area contributed by atoms with E-state index in [1.807, 2.05) is 19.9 Å². The molecule has 0 aromatic heterocycles. The Balaban J connectivity index is 2.28. The molecule has 1 aromatic carbocycles.